The van der Waals surface area contributed by atoms with E-state index in [1.165, 1.54) is 30.1 Å². The van der Waals surface area contributed by atoms with Gasteiger partial charge in [-0.15, -0.1) is 10.2 Å². The number of carbonyl (C=O) groups excluding carboxylic acids is 1. The van der Waals surface area contributed by atoms with Crippen LogP contribution in [0.2, 0.25) is 0 Å². The van der Waals surface area contributed by atoms with E-state index in [-0.39, 0.29) is 17.3 Å². The van der Waals surface area contributed by atoms with Crippen molar-refractivity contribution in [2.75, 3.05) is 5.75 Å². The van der Waals surface area contributed by atoms with Gasteiger partial charge in [0.15, 0.2) is 11.0 Å². The Morgan fingerprint density at radius 3 is 2.44 bits per heavy atom. The van der Waals surface area contributed by atoms with Gasteiger partial charge < -0.3 is 0 Å². The van der Waals surface area contributed by atoms with Crippen LogP contribution in [0.4, 0.5) is 5.69 Å². The summed E-state index contributed by atoms with van der Waals surface area (Å²) < 4.78 is 2.85. The van der Waals surface area contributed by atoms with Gasteiger partial charge in [0.25, 0.3) is 11.6 Å². The monoisotopic (exact) mass is 536 g/mol. The van der Waals surface area contributed by atoms with E-state index < -0.39 is 4.92 Å². The summed E-state index contributed by atoms with van der Waals surface area (Å²) in [5.41, 5.74) is 4.84. The molecule has 0 aliphatic carbocycles. The number of nitrogens with one attached hydrogen (secondary N) is 1. The highest BCUT2D eigenvalue weighted by molar-refractivity contribution is 9.10. The number of benzene rings is 3. The maximum Gasteiger partial charge on any atom is 0.269 e. The minimum absolute atomic E-state index is 0.0117. The van der Waals surface area contributed by atoms with Gasteiger partial charge in [-0.2, -0.15) is 5.10 Å². The lowest BCUT2D eigenvalue weighted by Gasteiger charge is -2.10. The maximum absolute atomic E-state index is 12.3. The predicted octanol–water partition coefficient (Wildman–Crippen LogP) is 4.85. The van der Waals surface area contributed by atoms with Gasteiger partial charge in [0.05, 0.1) is 16.9 Å². The molecule has 0 saturated carbocycles. The number of thioether (sulfide) groups is 1. The Morgan fingerprint density at radius 2 is 1.76 bits per heavy atom. The van der Waals surface area contributed by atoms with Gasteiger partial charge in [-0.3, -0.25) is 19.5 Å². The van der Waals surface area contributed by atoms with Gasteiger partial charge in [0, 0.05) is 27.9 Å². The molecule has 4 aromatic rings. The highest BCUT2D eigenvalue weighted by Gasteiger charge is 2.17. The fourth-order valence-electron chi connectivity index (χ4n) is 2.98. The third kappa shape index (κ3) is 5.74. The van der Waals surface area contributed by atoms with Crippen molar-refractivity contribution >= 4 is 45.5 Å². The van der Waals surface area contributed by atoms with Crippen LogP contribution in [0, 0.1) is 10.1 Å². The molecule has 1 N–H and O–H groups in total. The van der Waals surface area contributed by atoms with E-state index in [9.17, 15) is 14.9 Å². The summed E-state index contributed by atoms with van der Waals surface area (Å²) >= 11 is 4.69. The molecule has 0 aliphatic rings. The van der Waals surface area contributed by atoms with Gasteiger partial charge in [-0.05, 0) is 42.0 Å². The van der Waals surface area contributed by atoms with Crippen LogP contribution < -0.4 is 5.43 Å². The highest BCUT2D eigenvalue weighted by atomic mass is 79.9. The molecule has 0 aliphatic heterocycles. The maximum atomic E-state index is 12.3. The lowest BCUT2D eigenvalue weighted by Crippen LogP contribution is -2.20. The summed E-state index contributed by atoms with van der Waals surface area (Å²) in [4.78, 5) is 22.6. The van der Waals surface area contributed by atoms with Crippen LogP contribution in [0.3, 0.4) is 0 Å². The van der Waals surface area contributed by atoms with E-state index in [4.69, 9.17) is 0 Å². The van der Waals surface area contributed by atoms with Crippen molar-refractivity contribution in [1.82, 2.24) is 20.2 Å². The molecule has 0 bridgehead atoms. The summed E-state index contributed by atoms with van der Waals surface area (Å²) in [7, 11) is 0. The zero-order valence-electron chi connectivity index (χ0n) is 17.5. The molecule has 4 rings (SSSR count). The molecule has 0 saturated heterocycles. The topological polar surface area (TPSA) is 115 Å². The first-order chi connectivity index (χ1) is 16.5. The van der Waals surface area contributed by atoms with E-state index in [0.717, 1.165) is 15.7 Å². The number of halogens is 1. The molecule has 0 radical (unpaired) electrons. The van der Waals surface area contributed by atoms with Crippen LogP contribution in [-0.2, 0) is 4.79 Å². The predicted molar refractivity (Wildman–Crippen MR) is 134 cm³/mol. The Balaban J connectivity index is 1.46. The standard InChI is InChI=1S/C23H17BrN6O3S/c24-18-8-12-19(13-9-18)29-22(17-4-2-1-3-5-17)27-28-23(29)34-15-21(31)26-25-14-16-6-10-20(11-7-16)30(32)33/h1-14H,15H2,(H,26,31). The van der Waals surface area contributed by atoms with Crippen LogP contribution in [0.15, 0.2) is 93.6 Å². The lowest BCUT2D eigenvalue weighted by molar-refractivity contribution is -0.384. The molecule has 0 spiro atoms. The molecular formula is C23H17BrN6O3S. The highest BCUT2D eigenvalue weighted by Crippen LogP contribution is 2.28. The Labute approximate surface area is 207 Å². The molecular weight excluding hydrogens is 520 g/mol. The molecule has 0 atom stereocenters. The van der Waals surface area contributed by atoms with Crippen molar-refractivity contribution in [1.29, 1.82) is 0 Å². The van der Waals surface area contributed by atoms with Crippen molar-refractivity contribution in [3.05, 3.63) is 99.0 Å². The van der Waals surface area contributed by atoms with E-state index in [1.807, 2.05) is 59.2 Å². The second kappa shape index (κ2) is 10.9. The van der Waals surface area contributed by atoms with Crippen LogP contribution in [0.25, 0.3) is 17.1 Å². The van der Waals surface area contributed by atoms with Crippen molar-refractivity contribution in [3.63, 3.8) is 0 Å². The second-order valence-corrected chi connectivity index (χ2v) is 8.77. The fraction of sp³-hybridized carbons (Fsp3) is 0.0435. The number of rotatable bonds is 8. The van der Waals surface area contributed by atoms with E-state index >= 15 is 0 Å². The van der Waals surface area contributed by atoms with Gasteiger partial charge in [-0.1, -0.05) is 58.0 Å². The van der Waals surface area contributed by atoms with Gasteiger partial charge in [-0.25, -0.2) is 5.43 Å². The zero-order valence-corrected chi connectivity index (χ0v) is 19.9. The number of non-ortho nitro benzene ring substituents is 1. The van der Waals surface area contributed by atoms with Gasteiger partial charge in [0.1, 0.15) is 0 Å². The fourth-order valence-corrected chi connectivity index (χ4v) is 3.99. The van der Waals surface area contributed by atoms with Crippen LogP contribution in [0.1, 0.15) is 5.56 Å². The smallest absolute Gasteiger partial charge is 0.269 e. The van der Waals surface area contributed by atoms with Crippen molar-refractivity contribution in [2.45, 2.75) is 5.16 Å². The van der Waals surface area contributed by atoms with Crippen molar-refractivity contribution in [3.8, 4) is 17.1 Å². The van der Waals surface area contributed by atoms with E-state index in [0.29, 0.717) is 16.5 Å². The van der Waals surface area contributed by atoms with E-state index in [2.05, 4.69) is 36.7 Å². The number of aromatic nitrogens is 3. The Hall–Kier alpha value is -3.83. The van der Waals surface area contributed by atoms with E-state index in [1.54, 1.807) is 12.1 Å². The van der Waals surface area contributed by atoms with Crippen molar-refractivity contribution < 1.29 is 9.72 Å². The zero-order chi connectivity index (χ0) is 23.9. The Bertz CT molecular complexity index is 1330. The molecule has 3 aromatic carbocycles. The number of amides is 1. The van der Waals surface area contributed by atoms with Crippen molar-refractivity contribution in [2.24, 2.45) is 5.10 Å². The minimum Gasteiger partial charge on any atom is -0.272 e. The molecule has 1 heterocycles. The van der Waals surface area contributed by atoms with Gasteiger partial charge in [0.2, 0.25) is 0 Å². The number of carbonyl (C=O) groups is 1. The summed E-state index contributed by atoms with van der Waals surface area (Å²) in [5.74, 6) is 0.415. The average molecular weight is 537 g/mol. The molecule has 1 aromatic heterocycles. The molecule has 9 nitrogen and oxygen atoms in total. The lowest BCUT2D eigenvalue weighted by atomic mass is 10.2. The Kier molecular flexibility index (Phi) is 7.45. The normalized spacial score (nSPS) is 11.0. The summed E-state index contributed by atoms with van der Waals surface area (Å²) in [6.45, 7) is 0. The summed E-state index contributed by atoms with van der Waals surface area (Å²) in [6, 6.07) is 23.3. The SMILES string of the molecule is O=C(CSc1nnc(-c2ccccc2)n1-c1ccc(Br)cc1)NN=Cc1ccc([N+](=O)[O-])cc1. The number of hydrogen-bond acceptors (Lipinski definition) is 7. The minimum atomic E-state index is -0.476. The molecule has 11 heteroatoms. The quantitative estimate of drug-likeness (QED) is 0.149. The molecule has 1 amide bonds. The van der Waals surface area contributed by atoms with Crippen LogP contribution in [0.5, 0.6) is 0 Å². The first kappa shape index (κ1) is 23.3. The average Bonchev–Trinajstić information content (AvgIpc) is 3.28. The van der Waals surface area contributed by atoms with Crippen LogP contribution in [-0.4, -0.2) is 37.6 Å². The number of nitro groups is 1. The largest absolute Gasteiger partial charge is 0.272 e. The third-order valence-electron chi connectivity index (χ3n) is 4.59. The first-order valence-corrected chi connectivity index (χ1v) is 11.7. The third-order valence-corrected chi connectivity index (χ3v) is 6.05. The number of nitrogens with zero attached hydrogens (tertiary/aromatic N) is 5. The van der Waals surface area contributed by atoms with Crippen LogP contribution >= 0.6 is 27.7 Å². The van der Waals surface area contributed by atoms with Gasteiger partial charge >= 0.3 is 0 Å². The number of nitro benzene ring substituents is 1. The Morgan fingerprint density at radius 1 is 1.06 bits per heavy atom. The first-order valence-electron chi connectivity index (χ1n) is 9.97. The second-order valence-electron chi connectivity index (χ2n) is 6.91. The molecule has 0 unspecified atom stereocenters. The molecule has 34 heavy (non-hydrogen) atoms. The summed E-state index contributed by atoms with van der Waals surface area (Å²) in [5, 5.41) is 23.9. The number of hydrogen-bond donors (Lipinski definition) is 1. The molecule has 0 fully saturated rings. The number of hydrazone groups is 1. The summed E-state index contributed by atoms with van der Waals surface area (Å²) in [6.07, 6.45) is 1.42. The molecule has 170 valence electrons.